The van der Waals surface area contributed by atoms with Gasteiger partial charge in [-0.25, -0.2) is 0 Å². The number of nitrogens with two attached hydrogens (primary N) is 1. The lowest BCUT2D eigenvalue weighted by Gasteiger charge is -2.27. The van der Waals surface area contributed by atoms with Gasteiger partial charge in [0.05, 0.1) is 7.11 Å². The molecule has 1 aliphatic carbocycles. The second-order valence-corrected chi connectivity index (χ2v) is 6.00. The lowest BCUT2D eigenvalue weighted by atomic mass is 9.81. The molecule has 20 heavy (non-hydrogen) atoms. The van der Waals surface area contributed by atoms with Gasteiger partial charge in [-0.2, -0.15) is 0 Å². The van der Waals surface area contributed by atoms with Crippen LogP contribution in [0, 0.1) is 5.92 Å². The standard InChI is InChI=1S/C17H24N2O/c1-19-11-15(17(18)12-6-4-3-5-7-12)14-10-13(20-2)8-9-16(14)19/h8-12,17H,3-7,18H2,1-2H3. The van der Waals surface area contributed by atoms with Crippen molar-refractivity contribution in [2.45, 2.75) is 38.1 Å². The maximum atomic E-state index is 6.59. The molecule has 1 heterocycles. The Morgan fingerprint density at radius 2 is 2.00 bits per heavy atom. The Labute approximate surface area is 120 Å². The molecule has 3 heteroatoms. The zero-order valence-electron chi connectivity index (χ0n) is 12.4. The quantitative estimate of drug-likeness (QED) is 0.924. The van der Waals surface area contributed by atoms with Crippen molar-refractivity contribution in [1.29, 1.82) is 0 Å². The second-order valence-electron chi connectivity index (χ2n) is 6.00. The van der Waals surface area contributed by atoms with Crippen LogP contribution in [0.2, 0.25) is 0 Å². The van der Waals surface area contributed by atoms with Crippen molar-refractivity contribution >= 4 is 10.9 Å². The Morgan fingerprint density at radius 3 is 2.70 bits per heavy atom. The Kier molecular flexibility index (Phi) is 3.70. The van der Waals surface area contributed by atoms with Crippen LogP contribution in [-0.4, -0.2) is 11.7 Å². The largest absolute Gasteiger partial charge is 0.497 e. The third-order valence-electron chi connectivity index (χ3n) is 4.74. The molecule has 1 aromatic carbocycles. The van der Waals surface area contributed by atoms with Gasteiger partial charge in [-0.05, 0) is 42.5 Å². The van der Waals surface area contributed by atoms with Gasteiger partial charge in [0.25, 0.3) is 0 Å². The van der Waals surface area contributed by atoms with E-state index in [1.165, 1.54) is 48.6 Å². The van der Waals surface area contributed by atoms with Crippen LogP contribution in [0.4, 0.5) is 0 Å². The molecule has 3 nitrogen and oxygen atoms in total. The molecule has 3 rings (SSSR count). The predicted molar refractivity (Wildman–Crippen MR) is 83.0 cm³/mol. The van der Waals surface area contributed by atoms with E-state index in [2.05, 4.69) is 29.9 Å². The van der Waals surface area contributed by atoms with Crippen molar-refractivity contribution in [3.63, 3.8) is 0 Å². The van der Waals surface area contributed by atoms with Gasteiger partial charge in [0.1, 0.15) is 5.75 Å². The number of hydrogen-bond acceptors (Lipinski definition) is 2. The number of hydrogen-bond donors (Lipinski definition) is 1. The number of aryl methyl sites for hydroxylation is 1. The van der Waals surface area contributed by atoms with E-state index in [-0.39, 0.29) is 6.04 Å². The molecule has 0 spiro atoms. The number of benzene rings is 1. The molecule has 0 amide bonds. The fourth-order valence-electron chi connectivity index (χ4n) is 3.54. The number of fused-ring (bicyclic) bond motifs is 1. The third kappa shape index (κ3) is 2.31. The maximum Gasteiger partial charge on any atom is 0.119 e. The summed E-state index contributed by atoms with van der Waals surface area (Å²) in [6, 6.07) is 6.39. The molecule has 1 fully saturated rings. The number of methoxy groups -OCH3 is 1. The zero-order valence-corrected chi connectivity index (χ0v) is 12.4. The first-order valence-electron chi connectivity index (χ1n) is 7.59. The average Bonchev–Trinajstić information content (AvgIpc) is 2.84. The van der Waals surface area contributed by atoms with Crippen LogP contribution in [0.25, 0.3) is 10.9 Å². The van der Waals surface area contributed by atoms with Crippen LogP contribution in [0.15, 0.2) is 24.4 Å². The highest BCUT2D eigenvalue weighted by atomic mass is 16.5. The molecule has 0 radical (unpaired) electrons. The first-order chi connectivity index (χ1) is 9.70. The van der Waals surface area contributed by atoms with Gasteiger partial charge in [-0.1, -0.05) is 19.3 Å². The molecule has 2 N–H and O–H groups in total. The van der Waals surface area contributed by atoms with E-state index < -0.39 is 0 Å². The average molecular weight is 272 g/mol. The molecule has 0 bridgehead atoms. The summed E-state index contributed by atoms with van der Waals surface area (Å²) in [6.45, 7) is 0. The predicted octanol–water partition coefficient (Wildman–Crippen LogP) is 3.77. The lowest BCUT2D eigenvalue weighted by molar-refractivity contribution is 0.309. The Balaban J connectivity index is 2.01. The van der Waals surface area contributed by atoms with Crippen molar-refractivity contribution in [2.75, 3.05) is 7.11 Å². The van der Waals surface area contributed by atoms with Gasteiger partial charge in [-0.3, -0.25) is 0 Å². The molecular weight excluding hydrogens is 248 g/mol. The van der Waals surface area contributed by atoms with Gasteiger partial charge in [0.2, 0.25) is 0 Å². The van der Waals surface area contributed by atoms with Crippen LogP contribution < -0.4 is 10.5 Å². The van der Waals surface area contributed by atoms with Gasteiger partial charge < -0.3 is 15.0 Å². The topological polar surface area (TPSA) is 40.2 Å². The Bertz CT molecular complexity index is 596. The van der Waals surface area contributed by atoms with Gasteiger partial charge in [0, 0.05) is 30.2 Å². The molecule has 1 unspecified atom stereocenters. The molecule has 2 aromatic rings. The number of rotatable bonds is 3. The fraction of sp³-hybridized carbons (Fsp3) is 0.529. The van der Waals surface area contributed by atoms with Crippen molar-refractivity contribution < 1.29 is 4.74 Å². The summed E-state index contributed by atoms with van der Waals surface area (Å²) in [7, 11) is 3.80. The van der Waals surface area contributed by atoms with E-state index in [1.807, 2.05) is 6.07 Å². The van der Waals surface area contributed by atoms with Crippen LogP contribution in [-0.2, 0) is 7.05 Å². The number of aromatic nitrogens is 1. The van der Waals surface area contributed by atoms with Crippen molar-refractivity contribution in [2.24, 2.45) is 18.7 Å². The third-order valence-corrected chi connectivity index (χ3v) is 4.74. The summed E-state index contributed by atoms with van der Waals surface area (Å²) in [5.41, 5.74) is 9.09. The van der Waals surface area contributed by atoms with Crippen LogP contribution >= 0.6 is 0 Å². The summed E-state index contributed by atoms with van der Waals surface area (Å²) in [6.07, 6.45) is 8.75. The molecule has 0 aliphatic heterocycles. The molecular formula is C17H24N2O. The van der Waals surface area contributed by atoms with E-state index in [0.717, 1.165) is 5.75 Å². The van der Waals surface area contributed by atoms with Gasteiger partial charge in [-0.15, -0.1) is 0 Å². The first kappa shape index (κ1) is 13.5. The summed E-state index contributed by atoms with van der Waals surface area (Å²) >= 11 is 0. The summed E-state index contributed by atoms with van der Waals surface area (Å²) in [5, 5.41) is 1.24. The smallest absolute Gasteiger partial charge is 0.119 e. The fourth-order valence-corrected chi connectivity index (χ4v) is 3.54. The minimum atomic E-state index is 0.145. The minimum absolute atomic E-state index is 0.145. The molecule has 1 atom stereocenters. The van der Waals surface area contributed by atoms with Crippen LogP contribution in [0.3, 0.4) is 0 Å². The van der Waals surface area contributed by atoms with Crippen molar-refractivity contribution in [3.05, 3.63) is 30.0 Å². The molecule has 1 aromatic heterocycles. The highest BCUT2D eigenvalue weighted by Crippen LogP contribution is 2.37. The second kappa shape index (κ2) is 5.49. The summed E-state index contributed by atoms with van der Waals surface area (Å²) < 4.78 is 7.54. The lowest BCUT2D eigenvalue weighted by Crippen LogP contribution is -2.23. The summed E-state index contributed by atoms with van der Waals surface area (Å²) in [5.74, 6) is 1.53. The SMILES string of the molecule is COc1ccc2c(c1)c(C(N)C1CCCCC1)cn2C. The monoisotopic (exact) mass is 272 g/mol. The van der Waals surface area contributed by atoms with Crippen LogP contribution in [0.5, 0.6) is 5.75 Å². The molecule has 1 aliphatic rings. The number of ether oxygens (including phenoxy) is 1. The van der Waals surface area contributed by atoms with E-state index in [4.69, 9.17) is 10.5 Å². The molecule has 0 saturated heterocycles. The van der Waals surface area contributed by atoms with E-state index in [9.17, 15) is 0 Å². The van der Waals surface area contributed by atoms with E-state index in [0.29, 0.717) is 5.92 Å². The zero-order chi connectivity index (χ0) is 14.1. The Hall–Kier alpha value is -1.48. The molecule has 1 saturated carbocycles. The Morgan fingerprint density at radius 1 is 1.25 bits per heavy atom. The number of nitrogens with zero attached hydrogens (tertiary/aromatic N) is 1. The van der Waals surface area contributed by atoms with E-state index >= 15 is 0 Å². The highest BCUT2D eigenvalue weighted by Gasteiger charge is 2.24. The van der Waals surface area contributed by atoms with Crippen molar-refractivity contribution in [1.82, 2.24) is 4.57 Å². The van der Waals surface area contributed by atoms with Crippen molar-refractivity contribution in [3.8, 4) is 5.75 Å². The summed E-state index contributed by atoms with van der Waals surface area (Å²) in [4.78, 5) is 0. The maximum absolute atomic E-state index is 6.59. The highest BCUT2D eigenvalue weighted by molar-refractivity contribution is 5.85. The van der Waals surface area contributed by atoms with Gasteiger partial charge >= 0.3 is 0 Å². The molecule has 108 valence electrons. The first-order valence-corrected chi connectivity index (χ1v) is 7.59. The van der Waals surface area contributed by atoms with E-state index in [1.54, 1.807) is 7.11 Å². The van der Waals surface area contributed by atoms with Gasteiger partial charge in [0.15, 0.2) is 0 Å². The normalized spacial score (nSPS) is 18.4. The minimum Gasteiger partial charge on any atom is -0.497 e. The van der Waals surface area contributed by atoms with Crippen LogP contribution in [0.1, 0.15) is 43.7 Å².